The zero-order valence-electron chi connectivity index (χ0n) is 9.87. The van der Waals surface area contributed by atoms with Crippen molar-refractivity contribution in [3.05, 3.63) is 48.8 Å². The number of rotatable bonds is 2. The molecule has 1 aromatic heterocycles. The average molecular weight is 240 g/mol. The fraction of sp³-hybridized carbons (Fsp3) is 0.0714. The summed E-state index contributed by atoms with van der Waals surface area (Å²) in [7, 11) is 1.52. The Morgan fingerprint density at radius 2 is 1.89 bits per heavy atom. The number of para-hydroxylation sites is 1. The lowest BCUT2D eigenvalue weighted by Gasteiger charge is -2.06. The minimum atomic E-state index is 0.0738. The van der Waals surface area contributed by atoms with E-state index in [9.17, 15) is 5.11 Å². The molecular weight excluding hydrogens is 228 g/mol. The van der Waals surface area contributed by atoms with E-state index in [0.29, 0.717) is 11.3 Å². The molecule has 0 bridgehead atoms. The third-order valence-electron chi connectivity index (χ3n) is 2.91. The van der Waals surface area contributed by atoms with Gasteiger partial charge in [-0.3, -0.25) is 4.57 Å². The maximum absolute atomic E-state index is 10.0. The minimum absolute atomic E-state index is 0.0738. The predicted molar refractivity (Wildman–Crippen MR) is 69.3 cm³/mol. The monoisotopic (exact) mass is 240 g/mol. The van der Waals surface area contributed by atoms with Crippen molar-refractivity contribution in [1.29, 1.82) is 0 Å². The van der Waals surface area contributed by atoms with Gasteiger partial charge in [0.2, 0.25) is 0 Å². The van der Waals surface area contributed by atoms with Crippen LogP contribution in [0.25, 0.3) is 16.7 Å². The largest absolute Gasteiger partial charge is 0.503 e. The molecule has 1 heterocycles. The number of phenols is 1. The molecule has 0 spiro atoms. The Labute approximate surface area is 104 Å². The summed E-state index contributed by atoms with van der Waals surface area (Å²) in [5, 5.41) is 10.0. The number of phenolic OH excluding ortho intramolecular Hbond substituents is 1. The number of hydrogen-bond acceptors (Lipinski definition) is 3. The van der Waals surface area contributed by atoms with Gasteiger partial charge in [0, 0.05) is 5.69 Å². The summed E-state index contributed by atoms with van der Waals surface area (Å²) < 4.78 is 6.99. The summed E-state index contributed by atoms with van der Waals surface area (Å²) in [5.74, 6) is 0.505. The Morgan fingerprint density at radius 3 is 2.61 bits per heavy atom. The van der Waals surface area contributed by atoms with Crippen molar-refractivity contribution in [2.45, 2.75) is 0 Å². The molecule has 90 valence electrons. The molecule has 0 atom stereocenters. The van der Waals surface area contributed by atoms with Crippen LogP contribution in [0.5, 0.6) is 11.5 Å². The second-order valence-electron chi connectivity index (χ2n) is 3.93. The van der Waals surface area contributed by atoms with Crippen LogP contribution in [0.4, 0.5) is 0 Å². The summed E-state index contributed by atoms with van der Waals surface area (Å²) >= 11 is 0. The molecule has 0 amide bonds. The SMILES string of the molecule is COc1ccc2c(ncn2-c2ccccc2)c1O. The van der Waals surface area contributed by atoms with E-state index in [2.05, 4.69) is 4.98 Å². The molecular formula is C14H12N2O2. The highest BCUT2D eigenvalue weighted by molar-refractivity contribution is 5.85. The Balaban J connectivity index is 2.25. The van der Waals surface area contributed by atoms with Crippen LogP contribution < -0.4 is 4.74 Å². The van der Waals surface area contributed by atoms with Gasteiger partial charge in [-0.25, -0.2) is 4.98 Å². The number of aromatic hydroxyl groups is 1. The first kappa shape index (κ1) is 10.7. The molecule has 4 heteroatoms. The van der Waals surface area contributed by atoms with Crippen LogP contribution >= 0.6 is 0 Å². The topological polar surface area (TPSA) is 47.3 Å². The molecule has 0 saturated carbocycles. The normalized spacial score (nSPS) is 10.7. The number of nitrogens with zero attached hydrogens (tertiary/aromatic N) is 2. The van der Waals surface area contributed by atoms with Gasteiger partial charge in [-0.15, -0.1) is 0 Å². The number of imidazole rings is 1. The zero-order valence-corrected chi connectivity index (χ0v) is 9.87. The lowest BCUT2D eigenvalue weighted by atomic mass is 10.2. The van der Waals surface area contributed by atoms with E-state index < -0.39 is 0 Å². The van der Waals surface area contributed by atoms with Crippen molar-refractivity contribution in [3.8, 4) is 17.2 Å². The van der Waals surface area contributed by atoms with Gasteiger partial charge in [0.25, 0.3) is 0 Å². The molecule has 1 N–H and O–H groups in total. The third-order valence-corrected chi connectivity index (χ3v) is 2.91. The van der Waals surface area contributed by atoms with Gasteiger partial charge in [-0.1, -0.05) is 18.2 Å². The third kappa shape index (κ3) is 1.50. The lowest BCUT2D eigenvalue weighted by Crippen LogP contribution is -1.91. The number of benzene rings is 2. The first-order chi connectivity index (χ1) is 8.81. The van der Waals surface area contributed by atoms with E-state index in [4.69, 9.17) is 4.74 Å². The van der Waals surface area contributed by atoms with E-state index >= 15 is 0 Å². The van der Waals surface area contributed by atoms with E-state index in [1.54, 1.807) is 12.4 Å². The summed E-state index contributed by atoms with van der Waals surface area (Å²) in [6, 6.07) is 13.5. The highest BCUT2D eigenvalue weighted by Crippen LogP contribution is 2.33. The van der Waals surface area contributed by atoms with Crippen molar-refractivity contribution in [1.82, 2.24) is 9.55 Å². The first-order valence-electron chi connectivity index (χ1n) is 5.59. The van der Waals surface area contributed by atoms with Crippen molar-refractivity contribution >= 4 is 11.0 Å². The molecule has 2 aromatic carbocycles. The molecule has 0 fully saturated rings. The van der Waals surface area contributed by atoms with Crippen LogP contribution in [-0.4, -0.2) is 21.8 Å². The number of hydrogen-bond donors (Lipinski definition) is 1. The van der Waals surface area contributed by atoms with Crippen LogP contribution in [0.2, 0.25) is 0 Å². The Bertz CT molecular complexity index is 690. The molecule has 18 heavy (non-hydrogen) atoms. The highest BCUT2D eigenvalue weighted by atomic mass is 16.5. The minimum Gasteiger partial charge on any atom is -0.503 e. The van der Waals surface area contributed by atoms with Crippen LogP contribution in [0.1, 0.15) is 0 Å². The summed E-state index contributed by atoms with van der Waals surface area (Å²) in [5.41, 5.74) is 2.39. The molecule has 0 aliphatic carbocycles. The number of aromatic nitrogens is 2. The van der Waals surface area contributed by atoms with Gasteiger partial charge >= 0.3 is 0 Å². The first-order valence-corrected chi connectivity index (χ1v) is 5.59. The molecule has 0 aliphatic heterocycles. The van der Waals surface area contributed by atoms with E-state index in [-0.39, 0.29) is 5.75 Å². The van der Waals surface area contributed by atoms with Crippen LogP contribution in [0, 0.1) is 0 Å². The van der Waals surface area contributed by atoms with Crippen molar-refractivity contribution in [3.63, 3.8) is 0 Å². The molecule has 3 aromatic rings. The van der Waals surface area contributed by atoms with Crippen LogP contribution in [-0.2, 0) is 0 Å². The number of fused-ring (bicyclic) bond motifs is 1. The maximum Gasteiger partial charge on any atom is 0.186 e. The smallest absolute Gasteiger partial charge is 0.186 e. The quantitative estimate of drug-likeness (QED) is 0.749. The Kier molecular flexibility index (Phi) is 2.41. The summed E-state index contributed by atoms with van der Waals surface area (Å²) in [6.07, 6.45) is 1.69. The van der Waals surface area contributed by atoms with E-state index in [0.717, 1.165) is 11.2 Å². The summed E-state index contributed by atoms with van der Waals surface area (Å²) in [6.45, 7) is 0. The average Bonchev–Trinajstić information content (AvgIpc) is 2.85. The van der Waals surface area contributed by atoms with E-state index in [1.165, 1.54) is 7.11 Å². The number of methoxy groups -OCH3 is 1. The number of ether oxygens (including phenoxy) is 1. The second kappa shape index (κ2) is 4.07. The van der Waals surface area contributed by atoms with Crippen molar-refractivity contribution in [2.24, 2.45) is 0 Å². The molecule has 3 rings (SSSR count). The lowest BCUT2D eigenvalue weighted by molar-refractivity contribution is 0.376. The highest BCUT2D eigenvalue weighted by Gasteiger charge is 2.12. The van der Waals surface area contributed by atoms with Gasteiger partial charge < -0.3 is 9.84 Å². The second-order valence-corrected chi connectivity index (χ2v) is 3.93. The van der Waals surface area contributed by atoms with Gasteiger partial charge in [0.15, 0.2) is 11.5 Å². The fourth-order valence-corrected chi connectivity index (χ4v) is 2.01. The van der Waals surface area contributed by atoms with Crippen molar-refractivity contribution < 1.29 is 9.84 Å². The van der Waals surface area contributed by atoms with Crippen LogP contribution in [0.3, 0.4) is 0 Å². The van der Waals surface area contributed by atoms with Gasteiger partial charge in [-0.2, -0.15) is 0 Å². The maximum atomic E-state index is 10.0. The Morgan fingerprint density at radius 1 is 1.11 bits per heavy atom. The van der Waals surface area contributed by atoms with Gasteiger partial charge in [-0.05, 0) is 24.3 Å². The van der Waals surface area contributed by atoms with Crippen molar-refractivity contribution in [2.75, 3.05) is 7.11 Å². The Hall–Kier alpha value is -2.49. The molecule has 0 radical (unpaired) electrons. The van der Waals surface area contributed by atoms with Gasteiger partial charge in [0.1, 0.15) is 11.8 Å². The molecule has 0 unspecified atom stereocenters. The van der Waals surface area contributed by atoms with Gasteiger partial charge in [0.05, 0.1) is 12.6 Å². The molecule has 0 aliphatic rings. The summed E-state index contributed by atoms with van der Waals surface area (Å²) in [4.78, 5) is 4.24. The van der Waals surface area contributed by atoms with E-state index in [1.807, 2.05) is 41.0 Å². The molecule has 4 nitrogen and oxygen atoms in total. The molecule has 0 saturated heterocycles. The van der Waals surface area contributed by atoms with Crippen LogP contribution in [0.15, 0.2) is 48.8 Å². The standard InChI is InChI=1S/C14H12N2O2/c1-18-12-8-7-11-13(14(12)17)15-9-16(11)10-5-3-2-4-6-10/h2-9,17H,1H3. The predicted octanol–water partition coefficient (Wildman–Crippen LogP) is 2.74. The zero-order chi connectivity index (χ0) is 12.5. The fourth-order valence-electron chi connectivity index (χ4n) is 2.01.